The average Bonchev–Trinajstić information content (AvgIpc) is 3.32. The van der Waals surface area contributed by atoms with Gasteiger partial charge in [-0.1, -0.05) is 30.3 Å². The molecule has 2 heterocycles. The predicted molar refractivity (Wildman–Crippen MR) is 121 cm³/mol. The molecular weight excluding hydrogens is 500 g/mol. The summed E-state index contributed by atoms with van der Waals surface area (Å²) in [6.45, 7) is 1.34. The quantitative estimate of drug-likeness (QED) is 0.420. The molecule has 0 bridgehead atoms. The van der Waals surface area contributed by atoms with E-state index in [2.05, 4.69) is 0 Å². The molecule has 1 amide bonds. The minimum atomic E-state index is -4.97. The Morgan fingerprint density at radius 2 is 1.38 bits per heavy atom. The minimum absolute atomic E-state index is 0.0994. The van der Waals surface area contributed by atoms with Gasteiger partial charge in [0.25, 0.3) is 0 Å². The van der Waals surface area contributed by atoms with Crippen LogP contribution in [0, 0.1) is 0 Å². The lowest BCUT2D eigenvalue weighted by Gasteiger charge is -2.52. The number of carbonyl (C=O) groups is 1. The number of carbonyl (C=O) groups excluding carboxylic acids is 1. The maximum absolute atomic E-state index is 13.9. The van der Waals surface area contributed by atoms with Gasteiger partial charge in [0.15, 0.2) is 5.79 Å². The van der Waals surface area contributed by atoms with Crippen LogP contribution in [0.5, 0.6) is 0 Å². The van der Waals surface area contributed by atoms with Gasteiger partial charge in [0, 0.05) is 19.4 Å². The van der Waals surface area contributed by atoms with Gasteiger partial charge in [0.05, 0.1) is 35.8 Å². The number of alkyl halides is 6. The maximum Gasteiger partial charge on any atom is 0.416 e. The monoisotopic (exact) mass is 527 g/mol. The van der Waals surface area contributed by atoms with Crippen molar-refractivity contribution < 1.29 is 40.6 Å². The molecule has 200 valence electrons. The molecule has 10 heteroatoms. The van der Waals surface area contributed by atoms with E-state index < -0.39 is 46.6 Å². The molecule has 0 N–H and O–H groups in total. The largest absolute Gasteiger partial charge is 0.416 e. The van der Waals surface area contributed by atoms with Gasteiger partial charge in [-0.3, -0.25) is 4.79 Å². The van der Waals surface area contributed by atoms with Gasteiger partial charge in [0.2, 0.25) is 5.91 Å². The third kappa shape index (κ3) is 4.85. The van der Waals surface area contributed by atoms with Gasteiger partial charge in [-0.15, -0.1) is 0 Å². The van der Waals surface area contributed by atoms with Gasteiger partial charge >= 0.3 is 12.4 Å². The zero-order valence-corrected chi connectivity index (χ0v) is 20.0. The SMILES string of the molecule is O=C1C(c2cc(C(F)(F)F)cc(C(F)(F)F)c2)CCCN1C1(c2ccccc2)CCC2(CC1)OCCO2. The van der Waals surface area contributed by atoms with Gasteiger partial charge in [-0.2, -0.15) is 26.3 Å². The van der Waals surface area contributed by atoms with Crippen LogP contribution < -0.4 is 0 Å². The average molecular weight is 528 g/mol. The van der Waals surface area contributed by atoms with Crippen molar-refractivity contribution in [3.8, 4) is 0 Å². The number of ether oxygens (including phenoxy) is 2. The number of piperidine rings is 1. The molecule has 3 aliphatic rings. The van der Waals surface area contributed by atoms with E-state index in [1.807, 2.05) is 30.3 Å². The molecule has 1 atom stereocenters. The van der Waals surface area contributed by atoms with Gasteiger partial charge in [-0.25, -0.2) is 0 Å². The fraction of sp³-hybridized carbons (Fsp3) is 0.519. The zero-order chi connectivity index (χ0) is 26.5. The summed E-state index contributed by atoms with van der Waals surface area (Å²) in [6, 6.07) is 10.9. The third-order valence-corrected chi connectivity index (χ3v) is 7.93. The second-order valence-electron chi connectivity index (χ2n) is 10.0. The van der Waals surface area contributed by atoms with Gasteiger partial charge in [-0.05, 0) is 55.0 Å². The normalized spacial score (nSPS) is 24.0. The van der Waals surface area contributed by atoms with E-state index in [-0.39, 0.29) is 18.1 Å². The van der Waals surface area contributed by atoms with E-state index in [9.17, 15) is 31.1 Å². The maximum atomic E-state index is 13.9. The second kappa shape index (κ2) is 9.31. The van der Waals surface area contributed by atoms with Crippen molar-refractivity contribution in [1.82, 2.24) is 4.90 Å². The highest BCUT2D eigenvalue weighted by Crippen LogP contribution is 2.50. The lowest BCUT2D eigenvalue weighted by atomic mass is 9.71. The molecule has 2 aromatic carbocycles. The number of benzene rings is 2. The molecule has 5 rings (SSSR count). The Hall–Kier alpha value is -2.59. The van der Waals surface area contributed by atoms with Crippen molar-refractivity contribution in [2.24, 2.45) is 0 Å². The molecule has 1 unspecified atom stereocenters. The fourth-order valence-electron chi connectivity index (χ4n) is 6.08. The Kier molecular flexibility index (Phi) is 6.55. The summed E-state index contributed by atoms with van der Waals surface area (Å²) in [6.07, 6.45) is -7.25. The number of hydrogen-bond acceptors (Lipinski definition) is 3. The highest BCUT2D eigenvalue weighted by atomic mass is 19.4. The van der Waals surface area contributed by atoms with Crippen LogP contribution in [0.25, 0.3) is 0 Å². The second-order valence-corrected chi connectivity index (χ2v) is 10.0. The van der Waals surface area contributed by atoms with E-state index in [0.717, 1.165) is 5.56 Å². The molecule has 1 saturated carbocycles. The predicted octanol–water partition coefficient (Wildman–Crippen LogP) is 6.64. The molecule has 0 radical (unpaired) electrons. The van der Waals surface area contributed by atoms with E-state index in [1.54, 1.807) is 4.90 Å². The van der Waals surface area contributed by atoms with Gasteiger partial charge < -0.3 is 14.4 Å². The number of amides is 1. The topological polar surface area (TPSA) is 38.8 Å². The Morgan fingerprint density at radius 3 is 1.92 bits per heavy atom. The summed E-state index contributed by atoms with van der Waals surface area (Å²) in [5.41, 5.74) is -2.94. The first kappa shape index (κ1) is 26.0. The van der Waals surface area contributed by atoms with E-state index in [4.69, 9.17) is 9.47 Å². The van der Waals surface area contributed by atoms with Crippen molar-refractivity contribution in [1.29, 1.82) is 0 Å². The first-order chi connectivity index (χ1) is 17.4. The zero-order valence-electron chi connectivity index (χ0n) is 20.0. The van der Waals surface area contributed by atoms with Crippen LogP contribution in [-0.4, -0.2) is 36.4 Å². The highest BCUT2D eigenvalue weighted by molar-refractivity contribution is 5.85. The van der Waals surface area contributed by atoms with E-state index in [0.29, 0.717) is 64.0 Å². The van der Waals surface area contributed by atoms with Crippen LogP contribution in [-0.2, 0) is 32.2 Å². The number of halogens is 6. The molecule has 2 aliphatic heterocycles. The molecule has 2 aromatic rings. The van der Waals surface area contributed by atoms with Crippen molar-refractivity contribution in [2.45, 2.75) is 68.1 Å². The standard InChI is InChI=1S/C27H27F6NO3/c28-26(29,30)20-15-18(16-21(17-20)27(31,32)33)22-7-4-12-34(23(22)35)24(19-5-2-1-3-6-19)8-10-25(11-9-24)36-13-14-37-25/h1-3,5-6,15-17,22H,4,7-14H2. The Balaban J connectivity index is 1.53. The number of hydrogen-bond donors (Lipinski definition) is 0. The van der Waals surface area contributed by atoms with Crippen molar-refractivity contribution in [3.63, 3.8) is 0 Å². The summed E-state index contributed by atoms with van der Waals surface area (Å²) in [5.74, 6) is -2.27. The summed E-state index contributed by atoms with van der Waals surface area (Å²) < 4.78 is 92.8. The molecular formula is C27H27F6NO3. The molecule has 1 aliphatic carbocycles. The van der Waals surface area contributed by atoms with Crippen molar-refractivity contribution in [3.05, 3.63) is 70.8 Å². The number of likely N-dealkylation sites (tertiary alicyclic amines) is 1. The number of rotatable bonds is 3. The fourth-order valence-corrected chi connectivity index (χ4v) is 6.08. The molecule has 1 spiro atoms. The molecule has 0 aromatic heterocycles. The summed E-state index contributed by atoms with van der Waals surface area (Å²) in [5, 5.41) is 0. The molecule has 37 heavy (non-hydrogen) atoms. The summed E-state index contributed by atoms with van der Waals surface area (Å²) >= 11 is 0. The van der Waals surface area contributed by atoms with Crippen LogP contribution in [0.4, 0.5) is 26.3 Å². The van der Waals surface area contributed by atoms with Crippen LogP contribution in [0.1, 0.15) is 66.7 Å². The molecule has 4 nitrogen and oxygen atoms in total. The van der Waals surface area contributed by atoms with E-state index in [1.165, 1.54) is 0 Å². The smallest absolute Gasteiger partial charge is 0.348 e. The van der Waals surface area contributed by atoms with Crippen LogP contribution in [0.2, 0.25) is 0 Å². The first-order valence-electron chi connectivity index (χ1n) is 12.4. The summed E-state index contributed by atoms with van der Waals surface area (Å²) in [4.78, 5) is 15.6. The lowest BCUT2D eigenvalue weighted by Crippen LogP contribution is -2.57. The van der Waals surface area contributed by atoms with E-state index >= 15 is 0 Å². The van der Waals surface area contributed by atoms with Crippen LogP contribution >= 0.6 is 0 Å². The van der Waals surface area contributed by atoms with Crippen LogP contribution in [0.3, 0.4) is 0 Å². The Labute approximate surface area is 210 Å². The molecule has 3 fully saturated rings. The highest BCUT2D eigenvalue weighted by Gasteiger charge is 2.52. The Bertz CT molecular complexity index is 1100. The van der Waals surface area contributed by atoms with Crippen LogP contribution in [0.15, 0.2) is 48.5 Å². The van der Waals surface area contributed by atoms with Crippen molar-refractivity contribution in [2.75, 3.05) is 19.8 Å². The van der Waals surface area contributed by atoms with Gasteiger partial charge in [0.1, 0.15) is 0 Å². The Morgan fingerprint density at radius 1 is 0.811 bits per heavy atom. The van der Waals surface area contributed by atoms with Crippen molar-refractivity contribution >= 4 is 5.91 Å². The lowest BCUT2D eigenvalue weighted by molar-refractivity contribution is -0.198. The minimum Gasteiger partial charge on any atom is -0.348 e. The third-order valence-electron chi connectivity index (χ3n) is 7.93. The molecule has 2 saturated heterocycles. The summed E-state index contributed by atoms with van der Waals surface area (Å²) in [7, 11) is 0. The first-order valence-corrected chi connectivity index (χ1v) is 12.4. The number of nitrogens with zero attached hydrogens (tertiary/aromatic N) is 1.